The Morgan fingerprint density at radius 1 is 1.21 bits per heavy atom. The van der Waals surface area contributed by atoms with Gasteiger partial charge in [-0.25, -0.2) is 4.98 Å². The van der Waals surface area contributed by atoms with Crippen LogP contribution in [0.5, 0.6) is 11.5 Å². The molecular weight excluding hydrogens is 364 g/mol. The summed E-state index contributed by atoms with van der Waals surface area (Å²) in [4.78, 5) is 6.31. The second kappa shape index (κ2) is 9.26. The van der Waals surface area contributed by atoms with E-state index in [1.807, 2.05) is 35.9 Å². The standard InChI is InChI=1S/C23H26N4O2/c1-4-27(5-2)19-7-6-8-21(12-19)29-23-11-17(9-10-18(23)14-24)22(28)13-20-15-25-16-26(20)3/h6-12,15-16,22,28H,4-5,13H2,1-3H3. The zero-order chi connectivity index (χ0) is 20.8. The second-order valence-electron chi connectivity index (χ2n) is 6.85. The average Bonchev–Trinajstić information content (AvgIpc) is 3.13. The highest BCUT2D eigenvalue weighted by atomic mass is 16.5. The van der Waals surface area contributed by atoms with E-state index in [2.05, 4.69) is 29.8 Å². The maximum Gasteiger partial charge on any atom is 0.145 e. The van der Waals surface area contributed by atoms with Gasteiger partial charge >= 0.3 is 0 Å². The molecule has 0 saturated carbocycles. The van der Waals surface area contributed by atoms with E-state index in [9.17, 15) is 10.4 Å². The van der Waals surface area contributed by atoms with E-state index in [4.69, 9.17) is 4.74 Å². The number of nitrogens with zero attached hydrogens (tertiary/aromatic N) is 4. The van der Waals surface area contributed by atoms with Gasteiger partial charge in [-0.3, -0.25) is 0 Å². The number of rotatable bonds is 8. The lowest BCUT2D eigenvalue weighted by Crippen LogP contribution is -2.21. The number of nitriles is 1. The van der Waals surface area contributed by atoms with Crippen LogP contribution in [0.3, 0.4) is 0 Å². The summed E-state index contributed by atoms with van der Waals surface area (Å²) in [7, 11) is 1.89. The van der Waals surface area contributed by atoms with Gasteiger partial charge < -0.3 is 19.3 Å². The van der Waals surface area contributed by atoms with Gasteiger partial charge in [0.1, 0.15) is 17.6 Å². The van der Waals surface area contributed by atoms with Crippen LogP contribution in [0.25, 0.3) is 0 Å². The Balaban J connectivity index is 1.85. The van der Waals surface area contributed by atoms with Crippen molar-refractivity contribution in [3.63, 3.8) is 0 Å². The van der Waals surface area contributed by atoms with Crippen LogP contribution in [0.4, 0.5) is 5.69 Å². The van der Waals surface area contributed by atoms with E-state index in [0.29, 0.717) is 29.0 Å². The first-order chi connectivity index (χ1) is 14.0. The van der Waals surface area contributed by atoms with Crippen LogP contribution in [0.2, 0.25) is 0 Å². The van der Waals surface area contributed by atoms with Gasteiger partial charge in [-0.15, -0.1) is 0 Å². The number of benzene rings is 2. The van der Waals surface area contributed by atoms with Crippen LogP contribution in [0, 0.1) is 11.3 Å². The van der Waals surface area contributed by atoms with Gasteiger partial charge in [0, 0.05) is 50.2 Å². The fourth-order valence-electron chi connectivity index (χ4n) is 3.28. The first kappa shape index (κ1) is 20.4. The van der Waals surface area contributed by atoms with Crippen molar-refractivity contribution in [1.29, 1.82) is 5.26 Å². The lowest BCUT2D eigenvalue weighted by atomic mass is 10.0. The molecule has 29 heavy (non-hydrogen) atoms. The molecule has 0 spiro atoms. The molecule has 3 rings (SSSR count). The molecule has 0 radical (unpaired) electrons. The number of aliphatic hydroxyl groups excluding tert-OH is 1. The predicted octanol–water partition coefficient (Wildman–Crippen LogP) is 4.21. The van der Waals surface area contributed by atoms with E-state index in [1.165, 1.54) is 0 Å². The van der Waals surface area contributed by atoms with E-state index in [-0.39, 0.29) is 0 Å². The van der Waals surface area contributed by atoms with Crippen LogP contribution in [-0.4, -0.2) is 27.7 Å². The lowest BCUT2D eigenvalue weighted by molar-refractivity contribution is 0.176. The highest BCUT2D eigenvalue weighted by Gasteiger charge is 2.15. The highest BCUT2D eigenvalue weighted by Crippen LogP contribution is 2.31. The SMILES string of the molecule is CCN(CC)c1cccc(Oc2cc(C(O)Cc3cncn3C)ccc2C#N)c1. The fourth-order valence-corrected chi connectivity index (χ4v) is 3.28. The molecule has 6 nitrogen and oxygen atoms in total. The summed E-state index contributed by atoms with van der Waals surface area (Å²) in [5.41, 5.74) is 3.12. The smallest absolute Gasteiger partial charge is 0.145 e. The fraction of sp³-hybridized carbons (Fsp3) is 0.304. The van der Waals surface area contributed by atoms with Crippen LogP contribution in [-0.2, 0) is 13.5 Å². The van der Waals surface area contributed by atoms with Crippen molar-refractivity contribution < 1.29 is 9.84 Å². The minimum Gasteiger partial charge on any atom is -0.456 e. The Kier molecular flexibility index (Phi) is 6.53. The quantitative estimate of drug-likeness (QED) is 0.624. The number of aromatic nitrogens is 2. The van der Waals surface area contributed by atoms with E-state index >= 15 is 0 Å². The summed E-state index contributed by atoms with van der Waals surface area (Å²) < 4.78 is 7.93. The van der Waals surface area contributed by atoms with Crippen molar-refractivity contribution >= 4 is 5.69 Å². The van der Waals surface area contributed by atoms with Crippen molar-refractivity contribution in [2.24, 2.45) is 7.05 Å². The molecule has 150 valence electrons. The second-order valence-corrected chi connectivity index (χ2v) is 6.85. The number of aliphatic hydroxyl groups is 1. The van der Waals surface area contributed by atoms with Gasteiger partial charge in [-0.2, -0.15) is 5.26 Å². The van der Waals surface area contributed by atoms with E-state index in [1.54, 1.807) is 30.7 Å². The van der Waals surface area contributed by atoms with Gasteiger partial charge in [0.2, 0.25) is 0 Å². The molecule has 1 unspecified atom stereocenters. The van der Waals surface area contributed by atoms with E-state index in [0.717, 1.165) is 24.5 Å². The molecule has 0 saturated heterocycles. The van der Waals surface area contributed by atoms with Gasteiger partial charge in [0.25, 0.3) is 0 Å². The Morgan fingerprint density at radius 3 is 2.66 bits per heavy atom. The zero-order valence-electron chi connectivity index (χ0n) is 17.0. The lowest BCUT2D eigenvalue weighted by Gasteiger charge is -2.21. The maximum absolute atomic E-state index is 10.7. The summed E-state index contributed by atoms with van der Waals surface area (Å²) in [5.74, 6) is 1.09. The molecule has 1 heterocycles. The highest BCUT2D eigenvalue weighted by molar-refractivity contribution is 5.53. The van der Waals surface area contributed by atoms with Crippen LogP contribution in [0.1, 0.15) is 36.8 Å². The van der Waals surface area contributed by atoms with Gasteiger partial charge in [-0.1, -0.05) is 12.1 Å². The third kappa shape index (κ3) is 4.76. The molecular formula is C23H26N4O2. The Morgan fingerprint density at radius 2 is 2.00 bits per heavy atom. The summed E-state index contributed by atoms with van der Waals surface area (Å²) in [6, 6.07) is 15.2. The number of imidazole rings is 1. The average molecular weight is 390 g/mol. The molecule has 0 fully saturated rings. The number of ether oxygens (including phenoxy) is 1. The Labute approximate surface area is 171 Å². The van der Waals surface area contributed by atoms with E-state index < -0.39 is 6.10 Å². The molecule has 0 aliphatic rings. The molecule has 0 aliphatic heterocycles. The summed E-state index contributed by atoms with van der Waals surface area (Å²) in [6.07, 6.45) is 3.16. The molecule has 0 bridgehead atoms. The number of anilines is 1. The summed E-state index contributed by atoms with van der Waals surface area (Å²) >= 11 is 0. The molecule has 1 aromatic heterocycles. The topological polar surface area (TPSA) is 74.3 Å². The van der Waals surface area contributed by atoms with Crippen LogP contribution >= 0.6 is 0 Å². The first-order valence-corrected chi connectivity index (χ1v) is 9.75. The van der Waals surface area contributed by atoms with Crippen molar-refractivity contribution in [3.05, 3.63) is 71.8 Å². The normalized spacial score (nSPS) is 11.7. The minimum atomic E-state index is -0.720. The van der Waals surface area contributed by atoms with Gasteiger partial charge in [0.15, 0.2) is 0 Å². The number of aryl methyl sites for hydroxylation is 1. The number of hydrogen-bond acceptors (Lipinski definition) is 5. The van der Waals surface area contributed by atoms with Crippen molar-refractivity contribution in [1.82, 2.24) is 9.55 Å². The molecule has 0 aliphatic carbocycles. The zero-order valence-corrected chi connectivity index (χ0v) is 17.0. The van der Waals surface area contributed by atoms with Crippen LogP contribution in [0.15, 0.2) is 55.0 Å². The van der Waals surface area contributed by atoms with Gasteiger partial charge in [-0.05, 0) is 43.7 Å². The van der Waals surface area contributed by atoms with Crippen molar-refractivity contribution in [3.8, 4) is 17.6 Å². The Hall–Kier alpha value is -3.30. The number of hydrogen-bond donors (Lipinski definition) is 1. The minimum absolute atomic E-state index is 0.426. The first-order valence-electron chi connectivity index (χ1n) is 9.75. The van der Waals surface area contributed by atoms with Crippen molar-refractivity contribution in [2.45, 2.75) is 26.4 Å². The molecule has 2 aromatic carbocycles. The third-order valence-corrected chi connectivity index (χ3v) is 5.00. The van der Waals surface area contributed by atoms with Crippen LogP contribution < -0.4 is 9.64 Å². The third-order valence-electron chi connectivity index (χ3n) is 5.00. The monoisotopic (exact) mass is 390 g/mol. The van der Waals surface area contributed by atoms with Gasteiger partial charge in [0.05, 0.1) is 18.0 Å². The predicted molar refractivity (Wildman–Crippen MR) is 113 cm³/mol. The maximum atomic E-state index is 10.7. The Bertz CT molecular complexity index is 1000. The largest absolute Gasteiger partial charge is 0.456 e. The molecule has 3 aromatic rings. The summed E-state index contributed by atoms with van der Waals surface area (Å²) in [6.45, 7) is 6.02. The molecule has 0 amide bonds. The molecule has 1 atom stereocenters. The molecule has 6 heteroatoms. The van der Waals surface area contributed by atoms with Crippen molar-refractivity contribution in [2.75, 3.05) is 18.0 Å². The summed E-state index contributed by atoms with van der Waals surface area (Å²) in [5, 5.41) is 20.1. The molecule has 1 N–H and O–H groups in total.